The summed E-state index contributed by atoms with van der Waals surface area (Å²) in [7, 11) is 1.68. The third kappa shape index (κ3) is 4.04. The van der Waals surface area contributed by atoms with Gasteiger partial charge in [-0.25, -0.2) is 0 Å². The molecule has 2 heteroatoms. The Morgan fingerprint density at radius 1 is 1.18 bits per heavy atom. The highest BCUT2D eigenvalue weighted by molar-refractivity contribution is 5.28. The summed E-state index contributed by atoms with van der Waals surface area (Å²) in [5.41, 5.74) is 7.74. The van der Waals surface area contributed by atoms with E-state index in [-0.39, 0.29) is 6.04 Å². The van der Waals surface area contributed by atoms with Crippen LogP contribution in [0.5, 0.6) is 5.75 Å². The SMILES string of the molecule is COc1ccc(C(N)CC(C)C(C)(C)C)cc1. The van der Waals surface area contributed by atoms with Crippen LogP contribution in [0.1, 0.15) is 45.7 Å². The highest BCUT2D eigenvalue weighted by Crippen LogP contribution is 2.32. The second-order valence-corrected chi connectivity index (χ2v) is 5.88. The highest BCUT2D eigenvalue weighted by atomic mass is 16.5. The molecule has 0 aliphatic carbocycles. The quantitative estimate of drug-likeness (QED) is 0.862. The maximum absolute atomic E-state index is 6.24. The zero-order chi connectivity index (χ0) is 13.1. The topological polar surface area (TPSA) is 35.2 Å². The molecule has 2 N–H and O–H groups in total. The van der Waals surface area contributed by atoms with E-state index in [0.29, 0.717) is 11.3 Å². The standard InChI is InChI=1S/C15H25NO/c1-11(15(2,3)4)10-14(16)12-6-8-13(17-5)9-7-12/h6-9,11,14H,10,16H2,1-5H3. The lowest BCUT2D eigenvalue weighted by atomic mass is 9.78. The molecule has 0 spiro atoms. The largest absolute Gasteiger partial charge is 0.497 e. The van der Waals surface area contributed by atoms with Crippen molar-refractivity contribution >= 4 is 0 Å². The number of methoxy groups -OCH3 is 1. The maximum atomic E-state index is 6.24. The molecule has 0 saturated carbocycles. The first-order chi connectivity index (χ1) is 7.84. The number of hydrogen-bond donors (Lipinski definition) is 1. The van der Waals surface area contributed by atoms with Crippen LogP contribution in [-0.2, 0) is 0 Å². The van der Waals surface area contributed by atoms with Crippen LogP contribution in [0, 0.1) is 11.3 Å². The molecule has 0 aliphatic heterocycles. The summed E-state index contributed by atoms with van der Waals surface area (Å²) in [5, 5.41) is 0. The smallest absolute Gasteiger partial charge is 0.118 e. The third-order valence-electron chi connectivity index (χ3n) is 3.63. The Morgan fingerprint density at radius 3 is 2.12 bits per heavy atom. The fraction of sp³-hybridized carbons (Fsp3) is 0.600. The van der Waals surface area contributed by atoms with Crippen molar-refractivity contribution in [2.45, 2.75) is 40.2 Å². The van der Waals surface area contributed by atoms with Gasteiger partial charge in [0.05, 0.1) is 7.11 Å². The number of benzene rings is 1. The molecule has 2 atom stereocenters. The second kappa shape index (κ2) is 5.54. The summed E-state index contributed by atoms with van der Waals surface area (Å²) >= 11 is 0. The molecule has 0 heterocycles. The molecule has 2 nitrogen and oxygen atoms in total. The number of hydrogen-bond acceptors (Lipinski definition) is 2. The van der Waals surface area contributed by atoms with Crippen molar-refractivity contribution in [3.8, 4) is 5.75 Å². The number of ether oxygens (including phenoxy) is 1. The van der Waals surface area contributed by atoms with Crippen molar-refractivity contribution in [1.82, 2.24) is 0 Å². The molecule has 0 aromatic heterocycles. The molecule has 0 aliphatic rings. The summed E-state index contributed by atoms with van der Waals surface area (Å²) in [6.07, 6.45) is 1.01. The highest BCUT2D eigenvalue weighted by Gasteiger charge is 2.22. The minimum absolute atomic E-state index is 0.107. The van der Waals surface area contributed by atoms with Gasteiger partial charge in [0.15, 0.2) is 0 Å². The van der Waals surface area contributed by atoms with E-state index in [1.54, 1.807) is 7.11 Å². The van der Waals surface area contributed by atoms with Crippen LogP contribution in [-0.4, -0.2) is 7.11 Å². The fourth-order valence-electron chi connectivity index (χ4n) is 1.72. The van der Waals surface area contributed by atoms with Gasteiger partial charge in [-0.2, -0.15) is 0 Å². The average Bonchev–Trinajstić information content (AvgIpc) is 2.27. The molecule has 17 heavy (non-hydrogen) atoms. The van der Waals surface area contributed by atoms with Gasteiger partial charge in [-0.15, -0.1) is 0 Å². The Labute approximate surface area is 105 Å². The molecule has 2 unspecified atom stereocenters. The van der Waals surface area contributed by atoms with Crippen molar-refractivity contribution < 1.29 is 4.74 Å². The minimum atomic E-state index is 0.107. The molecule has 0 saturated heterocycles. The minimum Gasteiger partial charge on any atom is -0.497 e. The first-order valence-electron chi connectivity index (χ1n) is 6.24. The van der Waals surface area contributed by atoms with E-state index in [1.807, 2.05) is 12.1 Å². The van der Waals surface area contributed by atoms with Crippen LogP contribution in [0.2, 0.25) is 0 Å². The second-order valence-electron chi connectivity index (χ2n) is 5.88. The Kier molecular flexibility index (Phi) is 4.58. The Balaban J connectivity index is 2.66. The lowest BCUT2D eigenvalue weighted by molar-refractivity contribution is 0.234. The van der Waals surface area contributed by atoms with Crippen molar-refractivity contribution in [3.05, 3.63) is 29.8 Å². The Morgan fingerprint density at radius 2 is 1.71 bits per heavy atom. The van der Waals surface area contributed by atoms with Gasteiger partial charge in [0.1, 0.15) is 5.75 Å². The molecule has 0 bridgehead atoms. The normalized spacial score (nSPS) is 15.4. The summed E-state index contributed by atoms with van der Waals surface area (Å²) in [6, 6.07) is 8.15. The van der Waals surface area contributed by atoms with E-state index in [2.05, 4.69) is 39.8 Å². The van der Waals surface area contributed by atoms with Gasteiger partial charge in [0.2, 0.25) is 0 Å². The van der Waals surface area contributed by atoms with E-state index in [9.17, 15) is 0 Å². The van der Waals surface area contributed by atoms with Crippen LogP contribution in [0.4, 0.5) is 0 Å². The molecular weight excluding hydrogens is 210 g/mol. The fourth-order valence-corrected chi connectivity index (χ4v) is 1.72. The van der Waals surface area contributed by atoms with Gasteiger partial charge in [-0.1, -0.05) is 39.8 Å². The Hall–Kier alpha value is -1.02. The predicted octanol–water partition coefficient (Wildman–Crippen LogP) is 3.77. The van der Waals surface area contributed by atoms with Gasteiger partial charge in [0, 0.05) is 6.04 Å². The van der Waals surface area contributed by atoms with Crippen LogP contribution < -0.4 is 10.5 Å². The molecule has 0 amide bonds. The van der Waals surface area contributed by atoms with Crippen LogP contribution in [0.15, 0.2) is 24.3 Å². The molecular formula is C15H25NO. The summed E-state index contributed by atoms with van der Waals surface area (Å²) in [6.45, 7) is 9.05. The zero-order valence-electron chi connectivity index (χ0n) is 11.7. The third-order valence-corrected chi connectivity index (χ3v) is 3.63. The van der Waals surface area contributed by atoms with Crippen LogP contribution in [0.25, 0.3) is 0 Å². The first-order valence-corrected chi connectivity index (χ1v) is 6.24. The monoisotopic (exact) mass is 235 g/mol. The average molecular weight is 235 g/mol. The predicted molar refractivity (Wildman–Crippen MR) is 73.2 cm³/mol. The van der Waals surface area contributed by atoms with Gasteiger partial charge in [0.25, 0.3) is 0 Å². The summed E-state index contributed by atoms with van der Waals surface area (Å²) in [4.78, 5) is 0. The summed E-state index contributed by atoms with van der Waals surface area (Å²) in [5.74, 6) is 1.48. The molecule has 1 aromatic rings. The van der Waals surface area contributed by atoms with Crippen LogP contribution >= 0.6 is 0 Å². The lowest BCUT2D eigenvalue weighted by Crippen LogP contribution is -2.23. The van der Waals surface area contributed by atoms with E-state index >= 15 is 0 Å². The Bertz CT molecular complexity index is 337. The van der Waals surface area contributed by atoms with Gasteiger partial charge >= 0.3 is 0 Å². The maximum Gasteiger partial charge on any atom is 0.118 e. The van der Waals surface area contributed by atoms with E-state index < -0.39 is 0 Å². The van der Waals surface area contributed by atoms with Crippen molar-refractivity contribution in [1.29, 1.82) is 0 Å². The molecule has 96 valence electrons. The molecule has 0 radical (unpaired) electrons. The number of nitrogens with two attached hydrogens (primary N) is 1. The molecule has 0 fully saturated rings. The summed E-state index contributed by atoms with van der Waals surface area (Å²) < 4.78 is 5.14. The van der Waals surface area contributed by atoms with Crippen molar-refractivity contribution in [2.75, 3.05) is 7.11 Å². The van der Waals surface area contributed by atoms with Crippen LogP contribution in [0.3, 0.4) is 0 Å². The van der Waals surface area contributed by atoms with E-state index in [4.69, 9.17) is 10.5 Å². The van der Waals surface area contributed by atoms with Gasteiger partial charge in [-0.3, -0.25) is 0 Å². The van der Waals surface area contributed by atoms with Gasteiger partial charge in [-0.05, 0) is 35.4 Å². The zero-order valence-corrected chi connectivity index (χ0v) is 11.7. The first kappa shape index (κ1) is 14.0. The van der Waals surface area contributed by atoms with E-state index in [0.717, 1.165) is 12.2 Å². The van der Waals surface area contributed by atoms with Crippen molar-refractivity contribution in [3.63, 3.8) is 0 Å². The number of rotatable bonds is 4. The van der Waals surface area contributed by atoms with Gasteiger partial charge < -0.3 is 10.5 Å². The molecule has 1 aromatic carbocycles. The molecule has 1 rings (SSSR count). The lowest BCUT2D eigenvalue weighted by Gasteiger charge is -2.29. The van der Waals surface area contributed by atoms with Crippen molar-refractivity contribution in [2.24, 2.45) is 17.1 Å². The van der Waals surface area contributed by atoms with E-state index in [1.165, 1.54) is 5.56 Å².